The first-order valence-corrected chi connectivity index (χ1v) is 6.40. The summed E-state index contributed by atoms with van der Waals surface area (Å²) >= 11 is 3.38. The first-order chi connectivity index (χ1) is 8.66. The summed E-state index contributed by atoms with van der Waals surface area (Å²) in [6, 6.07) is 11.3. The summed E-state index contributed by atoms with van der Waals surface area (Å²) in [5.74, 6) is -0.101. The van der Waals surface area contributed by atoms with Gasteiger partial charge in [0.05, 0.1) is 17.8 Å². The van der Waals surface area contributed by atoms with Crippen molar-refractivity contribution in [2.24, 2.45) is 0 Å². The van der Waals surface area contributed by atoms with Gasteiger partial charge in [-0.15, -0.1) is 0 Å². The van der Waals surface area contributed by atoms with Crippen LogP contribution >= 0.6 is 15.9 Å². The highest BCUT2D eigenvalue weighted by molar-refractivity contribution is 9.10. The van der Waals surface area contributed by atoms with Crippen LogP contribution in [0, 0.1) is 6.92 Å². The molecule has 0 atom stereocenters. The molecule has 0 aliphatic carbocycles. The Labute approximate surface area is 114 Å². The molecule has 92 valence electrons. The van der Waals surface area contributed by atoms with E-state index in [2.05, 4.69) is 26.2 Å². The van der Waals surface area contributed by atoms with Crippen molar-refractivity contribution in [2.75, 3.05) is 0 Å². The van der Waals surface area contributed by atoms with Gasteiger partial charge in [-0.1, -0.05) is 17.7 Å². The maximum atomic E-state index is 12.0. The SMILES string of the molecule is Cc1ccc(Br)c(C(=O)NCc2ccccn2)c1. The average Bonchev–Trinajstić information content (AvgIpc) is 2.40. The molecular weight excluding hydrogens is 292 g/mol. The quantitative estimate of drug-likeness (QED) is 0.947. The van der Waals surface area contributed by atoms with Gasteiger partial charge >= 0.3 is 0 Å². The number of carbonyl (C=O) groups is 1. The zero-order chi connectivity index (χ0) is 13.0. The molecule has 3 nitrogen and oxygen atoms in total. The van der Waals surface area contributed by atoms with E-state index in [1.807, 2.05) is 43.3 Å². The van der Waals surface area contributed by atoms with Gasteiger partial charge in [0.1, 0.15) is 0 Å². The highest BCUT2D eigenvalue weighted by Gasteiger charge is 2.09. The van der Waals surface area contributed by atoms with Crippen molar-refractivity contribution in [1.82, 2.24) is 10.3 Å². The summed E-state index contributed by atoms with van der Waals surface area (Å²) < 4.78 is 0.798. The van der Waals surface area contributed by atoms with Gasteiger partial charge in [-0.2, -0.15) is 0 Å². The Balaban J connectivity index is 2.06. The average molecular weight is 305 g/mol. The van der Waals surface area contributed by atoms with Crippen LogP contribution in [-0.4, -0.2) is 10.9 Å². The summed E-state index contributed by atoms with van der Waals surface area (Å²) in [5.41, 5.74) is 2.54. The van der Waals surface area contributed by atoms with Crippen LogP contribution in [0.5, 0.6) is 0 Å². The number of carbonyl (C=O) groups excluding carboxylic acids is 1. The molecule has 0 aliphatic rings. The molecule has 0 spiro atoms. The van der Waals surface area contributed by atoms with Gasteiger partial charge in [0, 0.05) is 10.7 Å². The lowest BCUT2D eigenvalue weighted by Crippen LogP contribution is -2.23. The fraction of sp³-hybridized carbons (Fsp3) is 0.143. The zero-order valence-electron chi connectivity index (χ0n) is 9.98. The summed E-state index contributed by atoms with van der Waals surface area (Å²) in [7, 11) is 0. The summed E-state index contributed by atoms with van der Waals surface area (Å²) in [6.07, 6.45) is 1.71. The normalized spacial score (nSPS) is 10.1. The van der Waals surface area contributed by atoms with Crippen LogP contribution in [0.4, 0.5) is 0 Å². The van der Waals surface area contributed by atoms with Crippen molar-refractivity contribution >= 4 is 21.8 Å². The monoisotopic (exact) mass is 304 g/mol. The molecule has 0 aliphatic heterocycles. The lowest BCUT2D eigenvalue weighted by Gasteiger charge is -2.07. The Kier molecular flexibility index (Phi) is 4.10. The van der Waals surface area contributed by atoms with Crippen LogP contribution in [0.25, 0.3) is 0 Å². The van der Waals surface area contributed by atoms with E-state index in [1.54, 1.807) is 6.20 Å². The Hall–Kier alpha value is -1.68. The molecule has 0 saturated heterocycles. The molecule has 1 aromatic heterocycles. The van der Waals surface area contributed by atoms with E-state index in [-0.39, 0.29) is 5.91 Å². The summed E-state index contributed by atoms with van der Waals surface area (Å²) in [4.78, 5) is 16.2. The number of nitrogens with one attached hydrogen (secondary N) is 1. The van der Waals surface area contributed by atoms with Crippen LogP contribution in [0.1, 0.15) is 21.6 Å². The zero-order valence-corrected chi connectivity index (χ0v) is 11.6. The van der Waals surface area contributed by atoms with Crippen molar-refractivity contribution in [3.05, 3.63) is 63.9 Å². The van der Waals surface area contributed by atoms with Gasteiger partial charge in [0.15, 0.2) is 0 Å². The van der Waals surface area contributed by atoms with Gasteiger partial charge in [-0.3, -0.25) is 9.78 Å². The molecule has 0 unspecified atom stereocenters. The number of pyridine rings is 1. The fourth-order valence-electron chi connectivity index (χ4n) is 1.58. The molecule has 2 rings (SSSR count). The Bertz CT molecular complexity index is 555. The van der Waals surface area contributed by atoms with Crippen molar-refractivity contribution in [3.8, 4) is 0 Å². The molecule has 1 N–H and O–H groups in total. The fourth-order valence-corrected chi connectivity index (χ4v) is 2.01. The van der Waals surface area contributed by atoms with Gasteiger partial charge in [0.25, 0.3) is 5.91 Å². The molecule has 0 bridgehead atoms. The maximum Gasteiger partial charge on any atom is 0.252 e. The first-order valence-electron chi connectivity index (χ1n) is 5.61. The smallest absolute Gasteiger partial charge is 0.252 e. The standard InChI is InChI=1S/C14H13BrN2O/c1-10-5-6-13(15)12(8-10)14(18)17-9-11-4-2-3-7-16-11/h2-8H,9H2,1H3,(H,17,18). The number of amides is 1. The highest BCUT2D eigenvalue weighted by Crippen LogP contribution is 2.18. The van der Waals surface area contributed by atoms with E-state index in [0.717, 1.165) is 15.7 Å². The molecule has 0 saturated carbocycles. The third-order valence-corrected chi connectivity index (χ3v) is 3.21. The number of benzene rings is 1. The Morgan fingerprint density at radius 2 is 2.17 bits per heavy atom. The second-order valence-corrected chi connectivity index (χ2v) is 4.84. The van der Waals surface area contributed by atoms with E-state index in [4.69, 9.17) is 0 Å². The summed E-state index contributed by atoms with van der Waals surface area (Å²) in [6.45, 7) is 2.39. The van der Waals surface area contributed by atoms with Gasteiger partial charge in [0.2, 0.25) is 0 Å². The molecule has 1 heterocycles. The molecule has 1 amide bonds. The van der Waals surface area contributed by atoms with Gasteiger partial charge < -0.3 is 5.32 Å². The number of aryl methyl sites for hydroxylation is 1. The third kappa shape index (κ3) is 3.17. The molecule has 0 radical (unpaired) electrons. The van der Waals surface area contributed by atoms with E-state index in [9.17, 15) is 4.79 Å². The van der Waals surface area contributed by atoms with E-state index < -0.39 is 0 Å². The molecule has 0 fully saturated rings. The molecule has 4 heteroatoms. The predicted octanol–water partition coefficient (Wildman–Crippen LogP) is 3.08. The largest absolute Gasteiger partial charge is 0.346 e. The minimum atomic E-state index is -0.101. The second kappa shape index (κ2) is 5.78. The minimum absolute atomic E-state index is 0.101. The first kappa shape index (κ1) is 12.8. The molecule has 18 heavy (non-hydrogen) atoms. The molecule has 2 aromatic rings. The second-order valence-electron chi connectivity index (χ2n) is 3.99. The van der Waals surface area contributed by atoms with E-state index >= 15 is 0 Å². The van der Waals surface area contributed by atoms with Crippen LogP contribution in [0.2, 0.25) is 0 Å². The maximum absolute atomic E-state index is 12.0. The lowest BCUT2D eigenvalue weighted by atomic mass is 10.1. The van der Waals surface area contributed by atoms with Crippen molar-refractivity contribution in [2.45, 2.75) is 13.5 Å². The Morgan fingerprint density at radius 3 is 2.89 bits per heavy atom. The summed E-state index contributed by atoms with van der Waals surface area (Å²) in [5, 5.41) is 2.85. The minimum Gasteiger partial charge on any atom is -0.346 e. The van der Waals surface area contributed by atoms with Crippen molar-refractivity contribution in [1.29, 1.82) is 0 Å². The van der Waals surface area contributed by atoms with Gasteiger partial charge in [-0.05, 0) is 47.1 Å². The highest BCUT2D eigenvalue weighted by atomic mass is 79.9. The lowest BCUT2D eigenvalue weighted by molar-refractivity contribution is 0.0949. The number of hydrogen-bond acceptors (Lipinski definition) is 2. The number of halogens is 1. The molecular formula is C14H13BrN2O. The molecule has 1 aromatic carbocycles. The van der Waals surface area contributed by atoms with E-state index in [0.29, 0.717) is 12.1 Å². The number of nitrogens with zero attached hydrogens (tertiary/aromatic N) is 1. The number of aromatic nitrogens is 1. The van der Waals surface area contributed by atoms with Crippen LogP contribution in [0.15, 0.2) is 47.1 Å². The number of hydrogen-bond donors (Lipinski definition) is 1. The third-order valence-electron chi connectivity index (χ3n) is 2.52. The van der Waals surface area contributed by atoms with Crippen molar-refractivity contribution < 1.29 is 4.79 Å². The van der Waals surface area contributed by atoms with Crippen LogP contribution in [-0.2, 0) is 6.54 Å². The topological polar surface area (TPSA) is 42.0 Å². The Morgan fingerprint density at radius 1 is 1.33 bits per heavy atom. The number of rotatable bonds is 3. The van der Waals surface area contributed by atoms with E-state index in [1.165, 1.54) is 0 Å². The van der Waals surface area contributed by atoms with Gasteiger partial charge in [-0.25, -0.2) is 0 Å². The van der Waals surface area contributed by atoms with Crippen LogP contribution < -0.4 is 5.32 Å². The van der Waals surface area contributed by atoms with Crippen molar-refractivity contribution in [3.63, 3.8) is 0 Å². The predicted molar refractivity (Wildman–Crippen MR) is 74.3 cm³/mol. The van der Waals surface area contributed by atoms with Crippen LogP contribution in [0.3, 0.4) is 0 Å².